The van der Waals surface area contributed by atoms with E-state index in [-0.39, 0.29) is 0 Å². The van der Waals surface area contributed by atoms with Crippen molar-refractivity contribution < 1.29 is 0 Å². The lowest BCUT2D eigenvalue weighted by atomic mass is 9.94. The fraction of sp³-hybridized carbons (Fsp3) is 0. The fourth-order valence-electron chi connectivity index (χ4n) is 18.9. The number of benzene rings is 20. The maximum atomic E-state index is 5.14. The van der Waals surface area contributed by atoms with Gasteiger partial charge in [0.1, 0.15) is 16.9 Å². The molecule has 0 unspecified atom stereocenters. The summed E-state index contributed by atoms with van der Waals surface area (Å²) in [5.41, 5.74) is 27.6. The molecule has 0 saturated carbocycles. The number of aromatic nitrogens is 6. The van der Waals surface area contributed by atoms with E-state index in [4.69, 9.17) is 15.0 Å². The van der Waals surface area contributed by atoms with Crippen LogP contribution in [0.3, 0.4) is 0 Å². The largest absolute Gasteiger partial charge is 0.292 e. The zero-order chi connectivity index (χ0) is 78.2. The van der Waals surface area contributed by atoms with Crippen LogP contribution in [-0.4, -0.2) is 28.2 Å². The molecule has 0 saturated heterocycles. The maximum absolute atomic E-state index is 5.14. The summed E-state index contributed by atoms with van der Waals surface area (Å²) in [6.45, 7) is 0. The Bertz CT molecular complexity index is 8640. The number of para-hydroxylation sites is 6. The van der Waals surface area contributed by atoms with Gasteiger partial charge in [-0.15, -0.1) is 0 Å². The number of hydrogen-bond donors (Lipinski definition) is 0. The number of pyridine rings is 3. The van der Waals surface area contributed by atoms with Crippen LogP contribution in [0.4, 0.5) is 0 Å². The average Bonchev–Trinajstić information content (AvgIpc) is 1.64. The highest BCUT2D eigenvalue weighted by Crippen LogP contribution is 2.44. The Morgan fingerprint density at radius 2 is 0.412 bits per heavy atom. The van der Waals surface area contributed by atoms with Crippen LogP contribution < -0.4 is 0 Å². The second kappa shape index (κ2) is 27.4. The Labute approximate surface area is 683 Å². The van der Waals surface area contributed by atoms with Gasteiger partial charge in [0.05, 0.1) is 49.7 Å². The van der Waals surface area contributed by atoms with Crippen LogP contribution in [0.5, 0.6) is 0 Å². The van der Waals surface area contributed by atoms with E-state index in [0.717, 1.165) is 50.0 Å². The lowest BCUT2D eigenvalue weighted by molar-refractivity contribution is 1.32. The topological polar surface area (TPSA) is 51.9 Å². The molecule has 119 heavy (non-hydrogen) atoms. The SMILES string of the molecule is c1ccc(-c2ccc(-c3ccc4c5c6ccccc6ccc5c5nc6ccccc6n5c4c3)cc2)cc1.c1ccc2c(-c3ccc(-c4ccc5c6c7ccccc7ccc6c6nc7ccccc7n6c5c4)cc3)cccc2c1.c1ccc2cc(-c3ccc(-c4ccc5c6c7ccccc7ccc6c6nc7ccccc7n6c5c4)cc3)ccc2c1. The van der Waals surface area contributed by atoms with Crippen molar-refractivity contribution in [3.8, 4) is 66.8 Å². The minimum absolute atomic E-state index is 1.00. The molecule has 0 radical (unpaired) electrons. The number of nitrogens with zero attached hydrogens (tertiary/aromatic N) is 6. The molecule has 0 aliphatic heterocycles. The van der Waals surface area contributed by atoms with Gasteiger partial charge in [-0.05, 0) is 199 Å². The number of rotatable bonds is 6. The van der Waals surface area contributed by atoms with E-state index in [2.05, 4.69) is 438 Å². The van der Waals surface area contributed by atoms with Gasteiger partial charge < -0.3 is 0 Å². The highest BCUT2D eigenvalue weighted by Gasteiger charge is 2.22. The van der Waals surface area contributed by atoms with Gasteiger partial charge in [-0.3, -0.25) is 13.2 Å². The Morgan fingerprint density at radius 1 is 0.143 bits per heavy atom. The summed E-state index contributed by atoms with van der Waals surface area (Å²) in [6.07, 6.45) is 0. The maximum Gasteiger partial charge on any atom is 0.146 e. The zero-order valence-electron chi connectivity index (χ0n) is 64.6. The molecule has 26 aromatic rings. The summed E-state index contributed by atoms with van der Waals surface area (Å²) in [7, 11) is 0. The first-order valence-electron chi connectivity index (χ1n) is 40.8. The molecule has 6 heteroatoms. The monoisotopic (exact) mass is 1510 g/mol. The Balaban J connectivity index is 0.000000102. The van der Waals surface area contributed by atoms with E-state index in [1.165, 1.54) is 186 Å². The quantitative estimate of drug-likeness (QED) is 0.156. The van der Waals surface area contributed by atoms with Crippen molar-refractivity contribution in [2.75, 3.05) is 0 Å². The van der Waals surface area contributed by atoms with Gasteiger partial charge in [-0.25, -0.2) is 15.0 Å². The van der Waals surface area contributed by atoms with Crippen LogP contribution in [0.15, 0.2) is 425 Å². The van der Waals surface area contributed by atoms with Gasteiger partial charge in [-0.2, -0.15) is 0 Å². The van der Waals surface area contributed by atoms with Crippen LogP contribution >= 0.6 is 0 Å². The molecule has 0 fully saturated rings. The molecule has 0 N–H and O–H groups in total. The third kappa shape index (κ3) is 11.1. The molecular weight excluding hydrogens is 1440 g/mol. The van der Waals surface area contributed by atoms with Crippen molar-refractivity contribution in [2.24, 2.45) is 0 Å². The number of imidazole rings is 3. The van der Waals surface area contributed by atoms with E-state index in [1.807, 2.05) is 0 Å². The first kappa shape index (κ1) is 67.6. The summed E-state index contributed by atoms with van der Waals surface area (Å²) in [5, 5.41) is 23.7. The number of hydrogen-bond acceptors (Lipinski definition) is 3. The minimum Gasteiger partial charge on any atom is -0.292 e. The Hall–Kier alpha value is -15.9. The van der Waals surface area contributed by atoms with Gasteiger partial charge >= 0.3 is 0 Å². The summed E-state index contributed by atoms with van der Waals surface area (Å²) in [6, 6.07) is 153. The van der Waals surface area contributed by atoms with Crippen LogP contribution in [-0.2, 0) is 0 Å². The fourth-order valence-corrected chi connectivity index (χ4v) is 18.9. The predicted molar refractivity (Wildman–Crippen MR) is 503 cm³/mol. The summed E-state index contributed by atoms with van der Waals surface area (Å²) in [5.74, 6) is 0. The van der Waals surface area contributed by atoms with Crippen molar-refractivity contribution in [3.05, 3.63) is 425 Å². The third-order valence-electron chi connectivity index (χ3n) is 24.7. The van der Waals surface area contributed by atoms with Gasteiger partial charge in [0.15, 0.2) is 0 Å². The summed E-state index contributed by atoms with van der Waals surface area (Å²) in [4.78, 5) is 15.4. The summed E-state index contributed by atoms with van der Waals surface area (Å²) < 4.78 is 7.02. The Kier molecular flexibility index (Phi) is 15.6. The first-order valence-corrected chi connectivity index (χ1v) is 40.8. The van der Waals surface area contributed by atoms with Gasteiger partial charge in [-0.1, -0.05) is 346 Å². The molecular formula is C113H70N6. The molecule has 6 aromatic heterocycles. The van der Waals surface area contributed by atoms with E-state index >= 15 is 0 Å². The third-order valence-corrected chi connectivity index (χ3v) is 24.7. The van der Waals surface area contributed by atoms with Crippen molar-refractivity contribution >= 4 is 169 Å². The molecule has 6 nitrogen and oxygen atoms in total. The molecule has 6 heterocycles. The van der Waals surface area contributed by atoms with Crippen molar-refractivity contribution in [1.82, 2.24) is 28.2 Å². The normalized spacial score (nSPS) is 11.9. The van der Waals surface area contributed by atoms with Gasteiger partial charge in [0, 0.05) is 48.5 Å². The molecule has 0 bridgehead atoms. The average molecular weight is 1510 g/mol. The Morgan fingerprint density at radius 3 is 0.824 bits per heavy atom. The van der Waals surface area contributed by atoms with Crippen LogP contribution in [0.1, 0.15) is 0 Å². The molecule has 0 spiro atoms. The van der Waals surface area contributed by atoms with E-state index < -0.39 is 0 Å². The molecule has 0 aliphatic carbocycles. The van der Waals surface area contributed by atoms with Crippen LogP contribution in [0.25, 0.3) is 236 Å². The van der Waals surface area contributed by atoms with E-state index in [0.29, 0.717) is 0 Å². The molecule has 0 atom stereocenters. The lowest BCUT2D eigenvalue weighted by Crippen LogP contribution is -1.93. The second-order valence-corrected chi connectivity index (χ2v) is 31.3. The predicted octanol–water partition coefficient (Wildman–Crippen LogP) is 30.1. The van der Waals surface area contributed by atoms with E-state index in [1.54, 1.807) is 0 Å². The molecule has 0 amide bonds. The van der Waals surface area contributed by atoms with Crippen molar-refractivity contribution in [1.29, 1.82) is 0 Å². The smallest absolute Gasteiger partial charge is 0.146 e. The molecule has 26 rings (SSSR count). The van der Waals surface area contributed by atoms with Crippen LogP contribution in [0, 0.1) is 0 Å². The van der Waals surface area contributed by atoms with Crippen molar-refractivity contribution in [2.45, 2.75) is 0 Å². The highest BCUT2D eigenvalue weighted by molar-refractivity contribution is 6.27. The summed E-state index contributed by atoms with van der Waals surface area (Å²) >= 11 is 0. The van der Waals surface area contributed by atoms with Crippen LogP contribution in [0.2, 0.25) is 0 Å². The van der Waals surface area contributed by atoms with Crippen molar-refractivity contribution in [3.63, 3.8) is 0 Å². The standard InChI is InChI=1S/2C39H24N2.C35H22N2/c1-3-11-30-26(8-1)10-7-13-31(30)28-18-16-25(17-19-28)29-21-22-33-37(24-29)41-36-15-6-5-14-35(36)40-39(41)34-23-20-27-9-2-4-12-32(27)38(33)34;1-2-9-29-23-30(18-17-25(29)7-1)26-13-15-27(16-14-26)31-20-21-33-37(24-31)41-36-12-6-5-11-35(36)40-39(41)34-22-19-28-8-3-4-10-32(28)38(33)34;1-2-8-23(9-3-1)24-14-16-25(17-15-24)27-19-20-29-33(22-27)37-32-13-7-6-12-31(32)36-35(37)30-21-18-26-10-4-5-11-28(26)34(29)30/h2*1-24H;1-22H. The lowest BCUT2D eigenvalue weighted by Gasteiger charge is -2.13. The zero-order valence-corrected chi connectivity index (χ0v) is 64.6. The highest BCUT2D eigenvalue weighted by atomic mass is 15.0. The molecule has 0 aliphatic rings. The van der Waals surface area contributed by atoms with E-state index in [9.17, 15) is 0 Å². The van der Waals surface area contributed by atoms with Gasteiger partial charge in [0.25, 0.3) is 0 Å². The molecule has 20 aromatic carbocycles. The second-order valence-electron chi connectivity index (χ2n) is 31.3. The number of fused-ring (bicyclic) bond motifs is 32. The molecule has 552 valence electrons. The minimum atomic E-state index is 1.00. The van der Waals surface area contributed by atoms with Gasteiger partial charge in [0.2, 0.25) is 0 Å². The first-order chi connectivity index (χ1) is 59.0.